The van der Waals surface area contributed by atoms with Crippen LogP contribution in [0.1, 0.15) is 27.2 Å². The minimum atomic E-state index is -0.842. The Bertz CT molecular complexity index is 163. The highest BCUT2D eigenvalue weighted by Crippen LogP contribution is 2.19. The number of hydrogen-bond donors (Lipinski definition) is 3. The van der Waals surface area contributed by atoms with Gasteiger partial charge in [0.1, 0.15) is 6.04 Å². The molecule has 0 fully saturated rings. The Morgan fingerprint density at radius 1 is 1.46 bits per heavy atom. The van der Waals surface area contributed by atoms with Crippen LogP contribution in [0.5, 0.6) is 0 Å². The third-order valence-corrected chi connectivity index (χ3v) is 1.80. The topological polar surface area (TPSA) is 69.6 Å². The smallest absolute Gasteiger partial charge is 0.321 e. The highest BCUT2D eigenvalue weighted by molar-refractivity contribution is 5.74. The highest BCUT2D eigenvalue weighted by atomic mass is 16.4. The molecule has 0 aliphatic carbocycles. The van der Waals surface area contributed by atoms with Gasteiger partial charge in [-0.15, -0.1) is 0 Å². The Labute approximate surface area is 79.0 Å². The van der Waals surface area contributed by atoms with Gasteiger partial charge in [0.05, 0.1) is 0 Å². The quantitative estimate of drug-likeness (QED) is 0.549. The average molecular weight is 189 g/mol. The van der Waals surface area contributed by atoms with Crippen molar-refractivity contribution >= 4 is 5.97 Å². The highest BCUT2D eigenvalue weighted by Gasteiger charge is 2.30. The molecule has 0 bridgehead atoms. The molecular weight excluding hydrogens is 170 g/mol. The predicted molar refractivity (Wildman–Crippen MR) is 50.6 cm³/mol. The van der Waals surface area contributed by atoms with Crippen LogP contribution >= 0.6 is 0 Å². The molecule has 0 rings (SSSR count). The van der Waals surface area contributed by atoms with Gasteiger partial charge in [0.25, 0.3) is 0 Å². The van der Waals surface area contributed by atoms with E-state index >= 15 is 0 Å². The lowest BCUT2D eigenvalue weighted by atomic mass is 9.87. The van der Waals surface area contributed by atoms with Gasteiger partial charge < -0.3 is 15.5 Å². The van der Waals surface area contributed by atoms with Crippen LogP contribution in [0.4, 0.5) is 0 Å². The average Bonchev–Trinajstić information content (AvgIpc) is 1.94. The molecule has 0 aromatic rings. The van der Waals surface area contributed by atoms with E-state index in [4.69, 9.17) is 10.2 Å². The van der Waals surface area contributed by atoms with Crippen LogP contribution in [0.2, 0.25) is 0 Å². The largest absolute Gasteiger partial charge is 0.480 e. The van der Waals surface area contributed by atoms with Crippen LogP contribution in [-0.4, -0.2) is 35.4 Å². The van der Waals surface area contributed by atoms with E-state index in [-0.39, 0.29) is 12.0 Å². The van der Waals surface area contributed by atoms with E-state index in [0.29, 0.717) is 13.0 Å². The summed E-state index contributed by atoms with van der Waals surface area (Å²) in [5.41, 5.74) is -0.304. The van der Waals surface area contributed by atoms with E-state index in [9.17, 15) is 4.79 Å². The van der Waals surface area contributed by atoms with Crippen molar-refractivity contribution in [2.45, 2.75) is 33.2 Å². The summed E-state index contributed by atoms with van der Waals surface area (Å²) < 4.78 is 0. The molecule has 1 unspecified atom stereocenters. The predicted octanol–water partition coefficient (Wildman–Crippen LogP) is 0.458. The van der Waals surface area contributed by atoms with Gasteiger partial charge in [-0.05, 0) is 18.4 Å². The van der Waals surface area contributed by atoms with Crippen LogP contribution in [0.3, 0.4) is 0 Å². The lowest BCUT2D eigenvalue weighted by Gasteiger charge is -2.27. The molecule has 4 nitrogen and oxygen atoms in total. The van der Waals surface area contributed by atoms with Crippen molar-refractivity contribution in [1.82, 2.24) is 5.32 Å². The fourth-order valence-corrected chi connectivity index (χ4v) is 1.09. The molecule has 0 saturated carbocycles. The Hall–Kier alpha value is -0.610. The molecule has 0 aliphatic heterocycles. The second kappa shape index (κ2) is 5.19. The van der Waals surface area contributed by atoms with Crippen LogP contribution < -0.4 is 5.32 Å². The van der Waals surface area contributed by atoms with Crippen molar-refractivity contribution in [3.8, 4) is 0 Å². The monoisotopic (exact) mass is 189 g/mol. The number of carboxylic acids is 1. The zero-order valence-corrected chi connectivity index (χ0v) is 8.50. The zero-order chi connectivity index (χ0) is 10.5. The van der Waals surface area contributed by atoms with Crippen molar-refractivity contribution in [3.05, 3.63) is 0 Å². The summed E-state index contributed by atoms with van der Waals surface area (Å²) in [6.45, 7) is 6.24. The van der Waals surface area contributed by atoms with Crippen molar-refractivity contribution in [1.29, 1.82) is 0 Å². The minimum absolute atomic E-state index is 0.0868. The van der Waals surface area contributed by atoms with Gasteiger partial charge in [0.15, 0.2) is 0 Å². The van der Waals surface area contributed by atoms with E-state index in [0.717, 1.165) is 0 Å². The van der Waals surface area contributed by atoms with E-state index in [2.05, 4.69) is 5.32 Å². The first-order valence-corrected chi connectivity index (χ1v) is 4.46. The second-order valence-electron chi connectivity index (χ2n) is 4.17. The van der Waals surface area contributed by atoms with E-state index in [1.54, 1.807) is 0 Å². The Kier molecular flexibility index (Phi) is 4.95. The first-order chi connectivity index (χ1) is 5.89. The first kappa shape index (κ1) is 12.4. The van der Waals surface area contributed by atoms with E-state index in [1.165, 1.54) is 0 Å². The molecule has 0 aliphatic rings. The summed E-state index contributed by atoms with van der Waals surface area (Å²) in [7, 11) is 0. The Balaban J connectivity index is 4.04. The Morgan fingerprint density at radius 2 is 2.00 bits per heavy atom. The molecule has 0 aromatic heterocycles. The van der Waals surface area contributed by atoms with Crippen molar-refractivity contribution < 1.29 is 15.0 Å². The van der Waals surface area contributed by atoms with Crippen molar-refractivity contribution in [2.24, 2.45) is 5.41 Å². The number of hydrogen-bond acceptors (Lipinski definition) is 3. The van der Waals surface area contributed by atoms with Crippen LogP contribution in [0.15, 0.2) is 0 Å². The molecular formula is C9H19NO3. The second-order valence-corrected chi connectivity index (χ2v) is 4.17. The molecule has 1 atom stereocenters. The maximum Gasteiger partial charge on any atom is 0.321 e. The standard InChI is InChI=1S/C9H19NO3/c1-9(2,3)7(8(12)13)10-5-4-6-11/h7,10-11H,4-6H2,1-3H3,(H,12,13). The van der Waals surface area contributed by atoms with E-state index < -0.39 is 12.0 Å². The molecule has 78 valence electrons. The van der Waals surface area contributed by atoms with Gasteiger partial charge in [-0.25, -0.2) is 0 Å². The Morgan fingerprint density at radius 3 is 2.31 bits per heavy atom. The normalized spacial score (nSPS) is 14.2. The van der Waals surface area contributed by atoms with Crippen molar-refractivity contribution in [3.63, 3.8) is 0 Å². The molecule has 4 heteroatoms. The fraction of sp³-hybridized carbons (Fsp3) is 0.889. The molecule has 0 heterocycles. The summed E-state index contributed by atoms with van der Waals surface area (Å²) in [5, 5.41) is 20.3. The number of rotatable bonds is 5. The van der Waals surface area contributed by atoms with Crippen LogP contribution in [0.25, 0.3) is 0 Å². The van der Waals surface area contributed by atoms with Gasteiger partial charge in [-0.1, -0.05) is 20.8 Å². The SMILES string of the molecule is CC(C)(C)C(NCCCO)C(=O)O. The van der Waals surface area contributed by atoms with Gasteiger partial charge >= 0.3 is 5.97 Å². The maximum atomic E-state index is 10.8. The number of nitrogens with one attached hydrogen (secondary N) is 1. The summed E-state index contributed by atoms with van der Waals surface area (Å²) in [6, 6.07) is -0.556. The molecule has 3 N–H and O–H groups in total. The molecule has 0 saturated heterocycles. The molecule has 0 radical (unpaired) electrons. The third-order valence-electron chi connectivity index (χ3n) is 1.80. The lowest BCUT2D eigenvalue weighted by molar-refractivity contribution is -0.142. The maximum absolute atomic E-state index is 10.8. The van der Waals surface area contributed by atoms with Gasteiger partial charge in [0.2, 0.25) is 0 Å². The van der Waals surface area contributed by atoms with Gasteiger partial charge in [-0.3, -0.25) is 4.79 Å². The summed E-state index contributed by atoms with van der Waals surface area (Å²) in [4.78, 5) is 10.8. The summed E-state index contributed by atoms with van der Waals surface area (Å²) in [5.74, 6) is -0.842. The van der Waals surface area contributed by atoms with Crippen molar-refractivity contribution in [2.75, 3.05) is 13.2 Å². The minimum Gasteiger partial charge on any atom is -0.480 e. The molecule has 0 spiro atoms. The number of carboxylic acid groups (broad SMARTS) is 1. The zero-order valence-electron chi connectivity index (χ0n) is 8.50. The summed E-state index contributed by atoms with van der Waals surface area (Å²) in [6.07, 6.45) is 0.583. The number of carbonyl (C=O) groups is 1. The molecule has 0 amide bonds. The first-order valence-electron chi connectivity index (χ1n) is 4.46. The fourth-order valence-electron chi connectivity index (χ4n) is 1.09. The van der Waals surface area contributed by atoms with Gasteiger partial charge in [-0.2, -0.15) is 0 Å². The van der Waals surface area contributed by atoms with Crippen LogP contribution in [-0.2, 0) is 4.79 Å². The molecule has 0 aromatic carbocycles. The lowest BCUT2D eigenvalue weighted by Crippen LogP contribution is -2.46. The molecule has 13 heavy (non-hydrogen) atoms. The van der Waals surface area contributed by atoms with E-state index in [1.807, 2.05) is 20.8 Å². The summed E-state index contributed by atoms with van der Waals surface area (Å²) >= 11 is 0. The number of aliphatic carboxylic acids is 1. The number of aliphatic hydroxyl groups excluding tert-OH is 1. The van der Waals surface area contributed by atoms with Crippen LogP contribution in [0, 0.1) is 5.41 Å². The van der Waals surface area contributed by atoms with Gasteiger partial charge in [0, 0.05) is 6.61 Å². The third kappa shape index (κ3) is 4.85. The number of aliphatic hydroxyl groups is 1.